The van der Waals surface area contributed by atoms with Crippen LogP contribution in [0, 0.1) is 5.82 Å². The van der Waals surface area contributed by atoms with Gasteiger partial charge in [-0.05, 0) is 55.5 Å². The topological polar surface area (TPSA) is 76.8 Å². The summed E-state index contributed by atoms with van der Waals surface area (Å²) in [5.41, 5.74) is 2.01. The number of halogens is 1. The number of carbonyl (C=O) groups excluding carboxylic acids is 1. The molecule has 2 heterocycles. The first-order valence-electron chi connectivity index (χ1n) is 11.0. The Labute approximate surface area is 185 Å². The number of urea groups is 1. The Morgan fingerprint density at radius 1 is 1.19 bits per heavy atom. The van der Waals surface area contributed by atoms with Gasteiger partial charge in [0, 0.05) is 25.1 Å². The maximum absolute atomic E-state index is 13.4. The molecule has 7 nitrogen and oxygen atoms in total. The van der Waals surface area contributed by atoms with Crippen LogP contribution >= 0.6 is 0 Å². The van der Waals surface area contributed by atoms with Crippen molar-refractivity contribution in [1.82, 2.24) is 15.2 Å². The summed E-state index contributed by atoms with van der Waals surface area (Å²) in [5.74, 6) is 1.54. The van der Waals surface area contributed by atoms with Crippen LogP contribution in [0.2, 0.25) is 0 Å². The summed E-state index contributed by atoms with van der Waals surface area (Å²) < 4.78 is 30.8. The lowest BCUT2D eigenvalue weighted by atomic mass is 9.96. The molecule has 1 aromatic heterocycles. The van der Waals surface area contributed by atoms with E-state index in [0.29, 0.717) is 30.1 Å². The average molecular weight is 439 g/mol. The molecule has 1 saturated heterocycles. The molecule has 1 aliphatic carbocycles. The van der Waals surface area contributed by atoms with Gasteiger partial charge in [-0.1, -0.05) is 6.07 Å². The second kappa shape index (κ2) is 8.68. The third kappa shape index (κ3) is 4.22. The Bertz CT molecular complexity index is 1130. The van der Waals surface area contributed by atoms with E-state index >= 15 is 0 Å². The number of ether oxygens (including phenoxy) is 2. The number of hydrogen-bond donors (Lipinski definition) is 1. The molecule has 1 N–H and O–H groups in total. The molecule has 168 valence electrons. The quantitative estimate of drug-likeness (QED) is 0.607. The van der Waals surface area contributed by atoms with Crippen LogP contribution in [0.25, 0.3) is 11.1 Å². The minimum atomic E-state index is -0.383. The number of methoxy groups -OCH3 is 1. The van der Waals surface area contributed by atoms with E-state index in [4.69, 9.17) is 13.9 Å². The molecular formula is C24H26FN3O4. The van der Waals surface area contributed by atoms with Crippen molar-refractivity contribution in [2.75, 3.05) is 20.2 Å². The number of fused-ring (bicyclic) bond motifs is 1. The van der Waals surface area contributed by atoms with Crippen LogP contribution in [0.4, 0.5) is 9.18 Å². The highest BCUT2D eigenvalue weighted by atomic mass is 19.1. The van der Waals surface area contributed by atoms with E-state index in [9.17, 15) is 9.18 Å². The maximum atomic E-state index is 13.4. The van der Waals surface area contributed by atoms with E-state index in [1.54, 1.807) is 18.1 Å². The minimum Gasteiger partial charge on any atom is -0.493 e. The van der Waals surface area contributed by atoms with Crippen molar-refractivity contribution in [2.45, 2.75) is 44.2 Å². The van der Waals surface area contributed by atoms with E-state index < -0.39 is 0 Å². The molecule has 1 saturated carbocycles. The third-order valence-corrected chi connectivity index (χ3v) is 6.20. The number of hydrogen-bond acceptors (Lipinski definition) is 5. The van der Waals surface area contributed by atoms with Crippen LogP contribution in [0.5, 0.6) is 11.5 Å². The number of aromatic nitrogens is 1. The summed E-state index contributed by atoms with van der Waals surface area (Å²) in [6, 6.07) is 10.0. The van der Waals surface area contributed by atoms with E-state index in [0.717, 1.165) is 29.9 Å². The van der Waals surface area contributed by atoms with Crippen molar-refractivity contribution >= 4 is 17.1 Å². The first-order valence-corrected chi connectivity index (χ1v) is 11.0. The van der Waals surface area contributed by atoms with Gasteiger partial charge in [0.05, 0.1) is 19.8 Å². The van der Waals surface area contributed by atoms with Crippen LogP contribution in [-0.2, 0) is 6.54 Å². The number of nitrogens with zero attached hydrogens (tertiary/aromatic N) is 2. The Kier molecular flexibility index (Phi) is 5.59. The minimum absolute atomic E-state index is 0.0753. The number of rotatable bonds is 6. The summed E-state index contributed by atoms with van der Waals surface area (Å²) in [6.07, 6.45) is 4.74. The first kappa shape index (κ1) is 20.6. The molecule has 1 unspecified atom stereocenters. The molecule has 0 spiro atoms. The molecule has 0 radical (unpaired) electrons. The molecule has 8 heteroatoms. The largest absolute Gasteiger partial charge is 0.493 e. The zero-order valence-electron chi connectivity index (χ0n) is 18.0. The summed E-state index contributed by atoms with van der Waals surface area (Å²) in [7, 11) is 1.64. The van der Waals surface area contributed by atoms with Gasteiger partial charge in [0.1, 0.15) is 11.3 Å². The Hall–Kier alpha value is -3.29. The summed E-state index contributed by atoms with van der Waals surface area (Å²) in [6.45, 7) is 1.25. The number of amides is 2. The number of nitrogens with one attached hydrogen (secondary N) is 1. The highest BCUT2D eigenvalue weighted by Gasteiger charge is 2.29. The van der Waals surface area contributed by atoms with Crippen LogP contribution < -0.4 is 14.8 Å². The van der Waals surface area contributed by atoms with Gasteiger partial charge >= 0.3 is 6.03 Å². The fourth-order valence-electron chi connectivity index (χ4n) is 4.50. The van der Waals surface area contributed by atoms with E-state index in [1.165, 1.54) is 25.0 Å². The Morgan fingerprint density at radius 3 is 2.84 bits per heavy atom. The molecule has 5 rings (SSSR count). The zero-order chi connectivity index (χ0) is 22.1. The molecule has 1 atom stereocenters. The molecule has 2 amide bonds. The van der Waals surface area contributed by atoms with Crippen LogP contribution in [0.1, 0.15) is 43.1 Å². The van der Waals surface area contributed by atoms with Crippen LogP contribution in [0.15, 0.2) is 40.8 Å². The second-order valence-electron chi connectivity index (χ2n) is 8.42. The number of benzene rings is 2. The fraction of sp³-hybridized carbons (Fsp3) is 0.417. The summed E-state index contributed by atoms with van der Waals surface area (Å²) in [4.78, 5) is 18.5. The lowest BCUT2D eigenvalue weighted by Crippen LogP contribution is -2.49. The molecule has 32 heavy (non-hydrogen) atoms. The van der Waals surface area contributed by atoms with E-state index in [1.807, 2.05) is 18.2 Å². The Morgan fingerprint density at radius 2 is 2.03 bits per heavy atom. The van der Waals surface area contributed by atoms with Crippen molar-refractivity contribution in [2.24, 2.45) is 0 Å². The standard InChI is InChI=1S/C24H26FN3O4/c1-30-20-9-6-15(10-22(20)31-18-4-2-3-5-18)16-12-26-24(29)28(13-16)14-23-27-19-8-7-17(25)11-21(19)32-23/h6-11,16,18H,2-5,12-14H2,1H3,(H,26,29). The lowest BCUT2D eigenvalue weighted by molar-refractivity contribution is 0.170. The van der Waals surface area contributed by atoms with E-state index in [2.05, 4.69) is 10.3 Å². The smallest absolute Gasteiger partial charge is 0.317 e. The van der Waals surface area contributed by atoms with Gasteiger partial charge in [0.2, 0.25) is 5.89 Å². The second-order valence-corrected chi connectivity index (χ2v) is 8.42. The summed E-state index contributed by atoms with van der Waals surface area (Å²) in [5, 5.41) is 2.95. The van der Waals surface area contributed by atoms with Crippen LogP contribution in [0.3, 0.4) is 0 Å². The average Bonchev–Trinajstić information content (AvgIpc) is 3.44. The van der Waals surface area contributed by atoms with Gasteiger partial charge in [-0.25, -0.2) is 14.2 Å². The van der Waals surface area contributed by atoms with Crippen LogP contribution in [-0.4, -0.2) is 42.2 Å². The number of oxazole rings is 1. The van der Waals surface area contributed by atoms with Gasteiger partial charge in [0.25, 0.3) is 0 Å². The fourth-order valence-corrected chi connectivity index (χ4v) is 4.50. The maximum Gasteiger partial charge on any atom is 0.317 e. The van der Waals surface area contributed by atoms with Crippen molar-refractivity contribution in [3.63, 3.8) is 0 Å². The van der Waals surface area contributed by atoms with Gasteiger partial charge in [-0.3, -0.25) is 0 Å². The van der Waals surface area contributed by atoms with Crippen molar-refractivity contribution in [3.05, 3.63) is 53.7 Å². The first-order chi connectivity index (χ1) is 15.6. The Balaban J connectivity index is 1.33. The van der Waals surface area contributed by atoms with Gasteiger partial charge < -0.3 is 24.1 Å². The highest BCUT2D eigenvalue weighted by molar-refractivity contribution is 5.76. The van der Waals surface area contributed by atoms with Gasteiger partial charge in [-0.15, -0.1) is 0 Å². The molecule has 3 aromatic rings. The van der Waals surface area contributed by atoms with Crippen molar-refractivity contribution in [1.29, 1.82) is 0 Å². The predicted molar refractivity (Wildman–Crippen MR) is 116 cm³/mol. The van der Waals surface area contributed by atoms with Crippen molar-refractivity contribution in [3.8, 4) is 11.5 Å². The molecular weight excluding hydrogens is 413 g/mol. The SMILES string of the molecule is COc1ccc(C2CNC(=O)N(Cc3nc4ccc(F)cc4o3)C2)cc1OC1CCCC1. The van der Waals surface area contributed by atoms with E-state index in [-0.39, 0.29) is 30.4 Å². The predicted octanol–water partition coefficient (Wildman–Crippen LogP) is 4.61. The summed E-state index contributed by atoms with van der Waals surface area (Å²) >= 11 is 0. The highest BCUT2D eigenvalue weighted by Crippen LogP contribution is 2.35. The molecule has 2 aliphatic rings. The van der Waals surface area contributed by atoms with Crippen molar-refractivity contribution < 1.29 is 23.1 Å². The monoisotopic (exact) mass is 439 g/mol. The molecule has 2 fully saturated rings. The lowest BCUT2D eigenvalue weighted by Gasteiger charge is -2.33. The molecule has 1 aliphatic heterocycles. The molecule has 2 aromatic carbocycles. The van der Waals surface area contributed by atoms with Gasteiger partial charge in [-0.2, -0.15) is 0 Å². The van der Waals surface area contributed by atoms with Gasteiger partial charge in [0.15, 0.2) is 17.1 Å². The molecule has 0 bridgehead atoms. The third-order valence-electron chi connectivity index (χ3n) is 6.20. The zero-order valence-corrected chi connectivity index (χ0v) is 18.0. The number of carbonyl (C=O) groups is 1. The normalized spacial score (nSPS) is 19.4.